The highest BCUT2D eigenvalue weighted by Gasteiger charge is 2.62. The number of rotatable bonds is 5. The maximum Gasteiger partial charge on any atom is 0.258 e. The van der Waals surface area contributed by atoms with Crippen LogP contribution >= 0.6 is 0 Å². The number of nitrogens with one attached hydrogen (secondary N) is 1. The SMILES string of the molecule is COc1cc2c(OC[C@H]3NC(=O)[C@]4(F)CC[C@H]34)nccc2cc1C(N)=O. The van der Waals surface area contributed by atoms with Crippen LogP contribution in [0.15, 0.2) is 24.4 Å². The van der Waals surface area contributed by atoms with Gasteiger partial charge in [0.25, 0.3) is 11.8 Å². The highest BCUT2D eigenvalue weighted by molar-refractivity contribution is 6.01. The lowest BCUT2D eigenvalue weighted by molar-refractivity contribution is -0.136. The molecule has 0 unspecified atom stereocenters. The lowest BCUT2D eigenvalue weighted by Gasteiger charge is -2.36. The molecule has 1 saturated heterocycles. The van der Waals surface area contributed by atoms with Crippen molar-refractivity contribution in [1.29, 1.82) is 0 Å². The van der Waals surface area contributed by atoms with Gasteiger partial charge >= 0.3 is 0 Å². The predicted molar refractivity (Wildman–Crippen MR) is 90.8 cm³/mol. The minimum absolute atomic E-state index is 0.119. The van der Waals surface area contributed by atoms with Gasteiger partial charge < -0.3 is 20.5 Å². The highest BCUT2D eigenvalue weighted by atomic mass is 19.1. The summed E-state index contributed by atoms with van der Waals surface area (Å²) >= 11 is 0. The smallest absolute Gasteiger partial charge is 0.258 e. The minimum Gasteiger partial charge on any atom is -0.496 e. The predicted octanol–water partition coefficient (Wildman–Crippen LogP) is 1.34. The maximum absolute atomic E-state index is 14.4. The van der Waals surface area contributed by atoms with E-state index in [4.69, 9.17) is 15.2 Å². The molecule has 1 aromatic carbocycles. The van der Waals surface area contributed by atoms with Crippen molar-refractivity contribution in [2.45, 2.75) is 24.6 Å². The zero-order valence-corrected chi connectivity index (χ0v) is 14.1. The molecule has 0 spiro atoms. The Bertz CT molecular complexity index is 919. The third-order valence-corrected chi connectivity index (χ3v) is 5.30. The van der Waals surface area contributed by atoms with Gasteiger partial charge in [0.1, 0.15) is 12.4 Å². The first-order valence-corrected chi connectivity index (χ1v) is 8.33. The van der Waals surface area contributed by atoms with Crippen LogP contribution in [0.5, 0.6) is 11.6 Å². The van der Waals surface area contributed by atoms with Crippen molar-refractivity contribution in [3.8, 4) is 11.6 Å². The minimum atomic E-state index is -1.75. The molecule has 8 heteroatoms. The van der Waals surface area contributed by atoms with Gasteiger partial charge in [0, 0.05) is 17.5 Å². The average molecular weight is 359 g/mol. The molecule has 1 saturated carbocycles. The Morgan fingerprint density at radius 1 is 1.50 bits per heavy atom. The largest absolute Gasteiger partial charge is 0.496 e. The summed E-state index contributed by atoms with van der Waals surface area (Å²) in [7, 11) is 1.44. The fraction of sp³-hybridized carbons (Fsp3) is 0.389. The van der Waals surface area contributed by atoms with Crippen molar-refractivity contribution in [2.75, 3.05) is 13.7 Å². The van der Waals surface area contributed by atoms with Gasteiger partial charge in [-0.05, 0) is 36.4 Å². The van der Waals surface area contributed by atoms with Gasteiger partial charge in [-0.1, -0.05) is 0 Å². The van der Waals surface area contributed by atoms with Gasteiger partial charge in [-0.3, -0.25) is 9.59 Å². The third-order valence-electron chi connectivity index (χ3n) is 5.30. The molecule has 136 valence electrons. The van der Waals surface area contributed by atoms with Crippen molar-refractivity contribution < 1.29 is 23.5 Å². The summed E-state index contributed by atoms with van der Waals surface area (Å²) in [4.78, 5) is 27.5. The van der Waals surface area contributed by atoms with Crippen molar-refractivity contribution in [2.24, 2.45) is 11.7 Å². The number of aromatic nitrogens is 1. The number of pyridine rings is 1. The van der Waals surface area contributed by atoms with Crippen molar-refractivity contribution in [1.82, 2.24) is 10.3 Å². The van der Waals surface area contributed by atoms with Crippen LogP contribution in [-0.4, -0.2) is 42.2 Å². The second-order valence-corrected chi connectivity index (χ2v) is 6.65. The number of alkyl halides is 1. The normalized spacial score (nSPS) is 26.8. The Morgan fingerprint density at radius 3 is 2.92 bits per heavy atom. The molecule has 3 atom stereocenters. The van der Waals surface area contributed by atoms with Gasteiger partial charge in [-0.15, -0.1) is 0 Å². The topological polar surface area (TPSA) is 104 Å². The Balaban J connectivity index is 1.61. The molecule has 26 heavy (non-hydrogen) atoms. The number of hydrogen-bond donors (Lipinski definition) is 2. The van der Waals surface area contributed by atoms with Gasteiger partial charge in [-0.2, -0.15) is 0 Å². The molecule has 3 N–H and O–H groups in total. The van der Waals surface area contributed by atoms with E-state index in [1.54, 1.807) is 24.4 Å². The van der Waals surface area contributed by atoms with Gasteiger partial charge in [0.15, 0.2) is 5.67 Å². The summed E-state index contributed by atoms with van der Waals surface area (Å²) < 4.78 is 25.4. The van der Waals surface area contributed by atoms with E-state index in [0.29, 0.717) is 28.8 Å². The molecule has 1 aliphatic heterocycles. The van der Waals surface area contributed by atoms with E-state index in [-0.39, 0.29) is 30.6 Å². The number of primary amides is 1. The van der Waals surface area contributed by atoms with E-state index in [1.165, 1.54) is 7.11 Å². The van der Waals surface area contributed by atoms with Crippen LogP contribution in [0.3, 0.4) is 0 Å². The zero-order valence-electron chi connectivity index (χ0n) is 14.1. The Morgan fingerprint density at radius 2 is 2.31 bits per heavy atom. The van der Waals surface area contributed by atoms with E-state index >= 15 is 0 Å². The molecular formula is C18H18FN3O4. The lowest BCUT2D eigenvalue weighted by Crippen LogP contribution is -2.47. The number of methoxy groups -OCH3 is 1. The van der Waals surface area contributed by atoms with Crippen LogP contribution in [0.25, 0.3) is 10.8 Å². The van der Waals surface area contributed by atoms with Gasteiger partial charge in [0.05, 0.1) is 18.7 Å². The number of hydrogen-bond acceptors (Lipinski definition) is 5. The molecular weight excluding hydrogens is 341 g/mol. The number of carbonyl (C=O) groups is 2. The number of halogens is 1. The van der Waals surface area contributed by atoms with Crippen molar-refractivity contribution in [3.05, 3.63) is 30.0 Å². The first-order chi connectivity index (χ1) is 12.4. The number of ether oxygens (including phenoxy) is 2. The monoisotopic (exact) mass is 359 g/mol. The van der Waals surface area contributed by atoms with Crippen LogP contribution < -0.4 is 20.5 Å². The van der Waals surface area contributed by atoms with E-state index in [2.05, 4.69) is 10.3 Å². The van der Waals surface area contributed by atoms with Crippen LogP contribution in [0.2, 0.25) is 0 Å². The molecule has 2 heterocycles. The Kier molecular flexibility index (Phi) is 3.71. The molecule has 1 aromatic heterocycles. The molecule has 7 nitrogen and oxygen atoms in total. The van der Waals surface area contributed by atoms with E-state index in [9.17, 15) is 14.0 Å². The zero-order chi connectivity index (χ0) is 18.5. The molecule has 4 rings (SSSR count). The second kappa shape index (κ2) is 5.82. The van der Waals surface area contributed by atoms with Crippen molar-refractivity contribution in [3.63, 3.8) is 0 Å². The Labute approximate surface area is 148 Å². The maximum atomic E-state index is 14.4. The number of nitrogens with two attached hydrogens (primary N) is 1. The summed E-state index contributed by atoms with van der Waals surface area (Å²) in [5.41, 5.74) is 3.89. The highest BCUT2D eigenvalue weighted by Crippen LogP contribution is 2.48. The first kappa shape index (κ1) is 16.6. The van der Waals surface area contributed by atoms with E-state index in [0.717, 1.165) is 0 Å². The molecule has 2 aromatic rings. The summed E-state index contributed by atoms with van der Waals surface area (Å²) in [6.07, 6.45) is 2.46. The van der Waals surface area contributed by atoms with Crippen molar-refractivity contribution >= 4 is 22.6 Å². The van der Waals surface area contributed by atoms with Crippen LogP contribution in [0, 0.1) is 5.92 Å². The molecule has 2 aliphatic rings. The molecule has 2 fully saturated rings. The van der Waals surface area contributed by atoms with Gasteiger partial charge in [0.2, 0.25) is 5.88 Å². The van der Waals surface area contributed by atoms with Crippen LogP contribution in [-0.2, 0) is 4.79 Å². The number of nitrogens with zero attached hydrogens (tertiary/aromatic N) is 1. The van der Waals surface area contributed by atoms with E-state index < -0.39 is 17.5 Å². The quantitative estimate of drug-likeness (QED) is 0.838. The standard InChI is InChI=1S/C18H18FN3O4/c1-25-14-7-10-9(6-11(14)15(20)23)3-5-21-16(10)26-8-13-12-2-4-18(12,19)17(24)22-13/h3,5-7,12-13H,2,4,8H2,1H3,(H2,20,23)(H,22,24)/t12-,13-,18+/m1/s1. The van der Waals surface area contributed by atoms with E-state index in [1.807, 2.05) is 0 Å². The third kappa shape index (κ3) is 2.36. The molecule has 0 radical (unpaired) electrons. The average Bonchev–Trinajstić information content (AvgIpc) is 2.78. The summed E-state index contributed by atoms with van der Waals surface area (Å²) in [6, 6.07) is 4.59. The van der Waals surface area contributed by atoms with Crippen LogP contribution in [0.1, 0.15) is 23.2 Å². The Hall–Kier alpha value is -2.90. The number of amides is 2. The summed E-state index contributed by atoms with van der Waals surface area (Å²) in [5.74, 6) is -0.872. The van der Waals surface area contributed by atoms with Gasteiger partial charge in [-0.25, -0.2) is 9.37 Å². The molecule has 0 bridgehead atoms. The second-order valence-electron chi connectivity index (χ2n) is 6.65. The number of carbonyl (C=O) groups excluding carboxylic acids is 2. The summed E-state index contributed by atoms with van der Waals surface area (Å²) in [6.45, 7) is 0.119. The number of benzene rings is 1. The molecule has 2 amide bonds. The fourth-order valence-electron chi connectivity index (χ4n) is 3.73. The van der Waals surface area contributed by atoms with Crippen LogP contribution in [0.4, 0.5) is 4.39 Å². The lowest BCUT2D eigenvalue weighted by atomic mass is 9.70. The molecule has 1 aliphatic carbocycles. The summed E-state index contributed by atoms with van der Waals surface area (Å²) in [5, 5.41) is 4.02. The first-order valence-electron chi connectivity index (χ1n) is 8.33. The number of fused-ring (bicyclic) bond motifs is 2. The fourth-order valence-corrected chi connectivity index (χ4v) is 3.73.